The smallest absolute Gasteiger partial charge is 0.334 e. The maximum atomic E-state index is 12.1. The first-order valence-electron chi connectivity index (χ1n) is 6.77. The number of carbonyl (C=O) groups excluding carboxylic acids is 1. The minimum atomic E-state index is -0.447. The molecular formula is C17H24O2. The van der Waals surface area contributed by atoms with Crippen LogP contribution in [0.4, 0.5) is 0 Å². The Kier molecular flexibility index (Phi) is 5.34. The predicted octanol–water partition coefficient (Wildman–Crippen LogP) is 4.15. The van der Waals surface area contributed by atoms with Crippen molar-refractivity contribution in [1.82, 2.24) is 0 Å². The Hall–Kier alpha value is -1.57. The summed E-state index contributed by atoms with van der Waals surface area (Å²) in [5.41, 5.74) is 1.50. The zero-order chi connectivity index (χ0) is 14.5. The molecule has 2 nitrogen and oxygen atoms in total. The first-order chi connectivity index (χ1) is 8.79. The molecule has 0 N–H and O–H groups in total. The van der Waals surface area contributed by atoms with Gasteiger partial charge in [0, 0.05) is 5.57 Å². The van der Waals surface area contributed by atoms with E-state index in [-0.39, 0.29) is 11.9 Å². The van der Waals surface area contributed by atoms with Crippen molar-refractivity contribution in [3.8, 4) is 0 Å². The van der Waals surface area contributed by atoms with Crippen LogP contribution in [0, 0.1) is 5.92 Å². The maximum Gasteiger partial charge on any atom is 0.334 e. The van der Waals surface area contributed by atoms with Crippen molar-refractivity contribution >= 4 is 5.97 Å². The second kappa shape index (κ2) is 6.55. The van der Waals surface area contributed by atoms with Gasteiger partial charge in [-0.1, -0.05) is 50.3 Å². The quantitative estimate of drug-likeness (QED) is 0.600. The van der Waals surface area contributed by atoms with Crippen molar-refractivity contribution in [1.29, 1.82) is 0 Å². The van der Waals surface area contributed by atoms with E-state index in [0.717, 1.165) is 12.0 Å². The summed E-state index contributed by atoms with van der Waals surface area (Å²) < 4.78 is 5.44. The molecule has 0 fully saturated rings. The lowest BCUT2D eigenvalue weighted by atomic mass is 10.00. The van der Waals surface area contributed by atoms with Crippen LogP contribution in [0.5, 0.6) is 0 Å². The first kappa shape index (κ1) is 15.5. The van der Waals surface area contributed by atoms with Crippen LogP contribution in [0.3, 0.4) is 0 Å². The molecule has 1 aromatic carbocycles. The van der Waals surface area contributed by atoms with E-state index < -0.39 is 5.60 Å². The number of ether oxygens (including phenoxy) is 1. The Labute approximate surface area is 116 Å². The van der Waals surface area contributed by atoms with E-state index in [1.807, 2.05) is 58.9 Å². The molecule has 0 aromatic heterocycles. The van der Waals surface area contributed by atoms with Gasteiger partial charge < -0.3 is 4.74 Å². The van der Waals surface area contributed by atoms with Crippen LogP contribution in [0.25, 0.3) is 0 Å². The van der Waals surface area contributed by atoms with Gasteiger partial charge in [0.15, 0.2) is 0 Å². The van der Waals surface area contributed by atoms with Gasteiger partial charge in [-0.25, -0.2) is 4.79 Å². The minimum absolute atomic E-state index is 0.165. The molecule has 0 saturated heterocycles. The molecule has 0 heterocycles. The lowest BCUT2D eigenvalue weighted by Gasteiger charge is -2.21. The van der Waals surface area contributed by atoms with Gasteiger partial charge in [0.2, 0.25) is 0 Å². The maximum absolute atomic E-state index is 12.1. The fraction of sp³-hybridized carbons (Fsp3) is 0.471. The summed E-state index contributed by atoms with van der Waals surface area (Å²) in [6.07, 6.45) is 2.74. The van der Waals surface area contributed by atoms with Gasteiger partial charge in [0.25, 0.3) is 0 Å². The van der Waals surface area contributed by atoms with Crippen molar-refractivity contribution < 1.29 is 9.53 Å². The van der Waals surface area contributed by atoms with Crippen LogP contribution in [-0.2, 0) is 16.0 Å². The molecule has 0 saturated carbocycles. The third-order valence-electron chi connectivity index (χ3n) is 2.66. The van der Waals surface area contributed by atoms with E-state index in [9.17, 15) is 4.79 Å². The SMILES string of the molecule is CC(C)C(=CCc1ccccc1)C(=O)OC(C)(C)C. The number of esters is 1. The van der Waals surface area contributed by atoms with E-state index in [1.54, 1.807) is 0 Å². The fourth-order valence-corrected chi connectivity index (χ4v) is 1.73. The normalized spacial score (nSPS) is 12.6. The minimum Gasteiger partial charge on any atom is -0.457 e. The largest absolute Gasteiger partial charge is 0.457 e. The number of hydrogen-bond donors (Lipinski definition) is 0. The van der Waals surface area contributed by atoms with Crippen molar-refractivity contribution in [2.75, 3.05) is 0 Å². The van der Waals surface area contributed by atoms with Crippen LogP contribution in [0.15, 0.2) is 42.0 Å². The van der Waals surface area contributed by atoms with Gasteiger partial charge in [0.1, 0.15) is 5.60 Å². The Balaban J connectivity index is 2.80. The number of rotatable bonds is 4. The number of carbonyl (C=O) groups is 1. The average molecular weight is 260 g/mol. The molecule has 104 valence electrons. The Morgan fingerprint density at radius 2 is 1.79 bits per heavy atom. The summed E-state index contributed by atoms with van der Waals surface area (Å²) >= 11 is 0. The van der Waals surface area contributed by atoms with E-state index >= 15 is 0 Å². The number of allylic oxidation sites excluding steroid dienone is 1. The molecule has 0 aliphatic heterocycles. The van der Waals surface area contributed by atoms with Crippen molar-refractivity contribution in [2.24, 2.45) is 5.92 Å². The molecule has 1 rings (SSSR count). The fourth-order valence-electron chi connectivity index (χ4n) is 1.73. The van der Waals surface area contributed by atoms with Crippen LogP contribution in [0.1, 0.15) is 40.2 Å². The van der Waals surface area contributed by atoms with Crippen molar-refractivity contribution in [3.63, 3.8) is 0 Å². The summed E-state index contributed by atoms with van der Waals surface area (Å²) in [6, 6.07) is 10.1. The summed E-state index contributed by atoms with van der Waals surface area (Å²) in [6.45, 7) is 9.70. The molecular weight excluding hydrogens is 236 g/mol. The van der Waals surface area contributed by atoms with Gasteiger partial charge in [-0.3, -0.25) is 0 Å². The lowest BCUT2D eigenvalue weighted by Crippen LogP contribution is -2.26. The van der Waals surface area contributed by atoms with Gasteiger partial charge >= 0.3 is 5.97 Å². The third kappa shape index (κ3) is 5.73. The summed E-state index contributed by atoms with van der Waals surface area (Å²) in [5.74, 6) is -0.0445. The van der Waals surface area contributed by atoms with Gasteiger partial charge in [0.05, 0.1) is 0 Å². The Morgan fingerprint density at radius 1 is 1.21 bits per heavy atom. The van der Waals surface area contributed by atoms with E-state index in [2.05, 4.69) is 12.1 Å². The molecule has 2 heteroatoms. The summed E-state index contributed by atoms with van der Waals surface area (Å²) in [7, 11) is 0. The highest BCUT2D eigenvalue weighted by Gasteiger charge is 2.21. The van der Waals surface area contributed by atoms with Crippen molar-refractivity contribution in [2.45, 2.75) is 46.6 Å². The van der Waals surface area contributed by atoms with Crippen LogP contribution < -0.4 is 0 Å². The highest BCUT2D eigenvalue weighted by molar-refractivity contribution is 5.89. The van der Waals surface area contributed by atoms with Crippen molar-refractivity contribution in [3.05, 3.63) is 47.5 Å². The molecule has 0 aliphatic carbocycles. The molecule has 19 heavy (non-hydrogen) atoms. The molecule has 0 spiro atoms. The zero-order valence-electron chi connectivity index (χ0n) is 12.6. The van der Waals surface area contributed by atoms with E-state index in [4.69, 9.17) is 4.74 Å². The Bertz CT molecular complexity index is 436. The Morgan fingerprint density at radius 3 is 2.26 bits per heavy atom. The molecule has 0 unspecified atom stereocenters. The molecule has 0 aliphatic rings. The highest BCUT2D eigenvalue weighted by atomic mass is 16.6. The number of hydrogen-bond acceptors (Lipinski definition) is 2. The molecule has 1 aromatic rings. The highest BCUT2D eigenvalue weighted by Crippen LogP contribution is 2.17. The average Bonchev–Trinajstić information content (AvgIpc) is 2.27. The van der Waals surface area contributed by atoms with E-state index in [1.165, 1.54) is 5.56 Å². The van der Waals surface area contributed by atoms with Crippen LogP contribution >= 0.6 is 0 Å². The lowest BCUT2D eigenvalue weighted by molar-refractivity contribution is -0.150. The summed E-state index contributed by atoms with van der Waals surface area (Å²) in [4.78, 5) is 12.1. The predicted molar refractivity (Wildman–Crippen MR) is 78.9 cm³/mol. The van der Waals surface area contributed by atoms with E-state index in [0.29, 0.717) is 0 Å². The monoisotopic (exact) mass is 260 g/mol. The second-order valence-corrected chi connectivity index (χ2v) is 6.01. The standard InChI is InChI=1S/C17H24O2/c1-13(2)15(16(18)19-17(3,4)5)12-11-14-9-7-6-8-10-14/h6-10,12-13H,11H2,1-5H3. The molecule has 0 bridgehead atoms. The molecule has 0 radical (unpaired) electrons. The van der Waals surface area contributed by atoms with Gasteiger partial charge in [-0.2, -0.15) is 0 Å². The number of benzene rings is 1. The second-order valence-electron chi connectivity index (χ2n) is 6.01. The molecule has 0 atom stereocenters. The zero-order valence-corrected chi connectivity index (χ0v) is 12.6. The molecule has 0 amide bonds. The first-order valence-corrected chi connectivity index (χ1v) is 6.77. The third-order valence-corrected chi connectivity index (χ3v) is 2.66. The van der Waals surface area contributed by atoms with Gasteiger partial charge in [-0.05, 0) is 38.7 Å². The van der Waals surface area contributed by atoms with Gasteiger partial charge in [-0.15, -0.1) is 0 Å². The van der Waals surface area contributed by atoms with Crippen LogP contribution in [0.2, 0.25) is 0 Å². The van der Waals surface area contributed by atoms with Crippen LogP contribution in [-0.4, -0.2) is 11.6 Å². The topological polar surface area (TPSA) is 26.3 Å². The summed E-state index contributed by atoms with van der Waals surface area (Å²) in [5, 5.41) is 0.